The van der Waals surface area contributed by atoms with Gasteiger partial charge in [0.2, 0.25) is 0 Å². The first-order valence-electron chi connectivity index (χ1n) is 7.65. The fraction of sp³-hybridized carbons (Fsp3) is 0.556. The quantitative estimate of drug-likeness (QED) is 0.834. The van der Waals surface area contributed by atoms with Crippen molar-refractivity contribution in [1.29, 1.82) is 0 Å². The van der Waals surface area contributed by atoms with E-state index in [0.717, 1.165) is 12.0 Å². The van der Waals surface area contributed by atoms with E-state index in [1.54, 1.807) is 13.8 Å². The van der Waals surface area contributed by atoms with Gasteiger partial charge in [-0.1, -0.05) is 37.3 Å². The molecule has 0 bridgehead atoms. The first-order chi connectivity index (χ1) is 9.99. The third-order valence-corrected chi connectivity index (χ3v) is 4.68. The van der Waals surface area contributed by atoms with Crippen LogP contribution in [0.2, 0.25) is 0 Å². The summed E-state index contributed by atoms with van der Waals surface area (Å²) in [6.07, 6.45) is 1.38. The number of hydrogen-bond acceptors (Lipinski definition) is 3. The number of rotatable bonds is 5. The van der Waals surface area contributed by atoms with Crippen LogP contribution in [0.15, 0.2) is 30.3 Å². The summed E-state index contributed by atoms with van der Waals surface area (Å²) in [6.45, 7) is 5.84. The summed E-state index contributed by atoms with van der Waals surface area (Å²) < 4.78 is 6.04. The first kappa shape index (κ1) is 15.9. The Morgan fingerprint density at radius 3 is 2.33 bits per heavy atom. The summed E-state index contributed by atoms with van der Waals surface area (Å²) in [6, 6.07) is 10.0. The highest BCUT2D eigenvalue weighted by Crippen LogP contribution is 2.37. The van der Waals surface area contributed by atoms with E-state index in [1.165, 1.54) is 0 Å². The molecule has 1 saturated carbocycles. The monoisotopic (exact) mass is 288 g/mol. The molecule has 2 rings (SSSR count). The summed E-state index contributed by atoms with van der Waals surface area (Å²) in [4.78, 5) is 23.6. The molecule has 1 aliphatic rings. The average molecular weight is 288 g/mol. The minimum absolute atomic E-state index is 0.0262. The molecule has 0 spiro atoms. The van der Waals surface area contributed by atoms with Gasteiger partial charge in [-0.3, -0.25) is 9.59 Å². The van der Waals surface area contributed by atoms with Crippen LogP contribution in [-0.4, -0.2) is 17.7 Å². The molecule has 0 aromatic heterocycles. The number of carbonyl (C=O) groups is 2. The van der Waals surface area contributed by atoms with Crippen LogP contribution in [0.5, 0.6) is 0 Å². The Balaban J connectivity index is 2.05. The molecule has 4 atom stereocenters. The van der Waals surface area contributed by atoms with Crippen LogP contribution in [-0.2, 0) is 20.9 Å². The number of benzene rings is 1. The second-order valence-corrected chi connectivity index (χ2v) is 6.19. The molecule has 1 aromatic carbocycles. The minimum atomic E-state index is -0.0616. The molecule has 1 fully saturated rings. The lowest BCUT2D eigenvalue weighted by atomic mass is 9.70. The van der Waals surface area contributed by atoms with Crippen molar-refractivity contribution in [2.45, 2.75) is 46.3 Å². The van der Waals surface area contributed by atoms with Crippen molar-refractivity contribution in [3.05, 3.63) is 35.9 Å². The van der Waals surface area contributed by atoms with Crippen molar-refractivity contribution in [1.82, 2.24) is 0 Å². The summed E-state index contributed by atoms with van der Waals surface area (Å²) in [5.41, 5.74) is 1.12. The van der Waals surface area contributed by atoms with Gasteiger partial charge in [-0.2, -0.15) is 0 Å². The molecule has 21 heavy (non-hydrogen) atoms. The summed E-state index contributed by atoms with van der Waals surface area (Å²) in [7, 11) is 0. The first-order valence-corrected chi connectivity index (χ1v) is 7.65. The van der Waals surface area contributed by atoms with Gasteiger partial charge in [0.15, 0.2) is 0 Å². The maximum atomic E-state index is 11.8. The Morgan fingerprint density at radius 1 is 1.10 bits per heavy atom. The smallest absolute Gasteiger partial charge is 0.133 e. The zero-order valence-electron chi connectivity index (χ0n) is 13.0. The fourth-order valence-electron chi connectivity index (χ4n) is 3.24. The van der Waals surface area contributed by atoms with Gasteiger partial charge in [0.05, 0.1) is 12.7 Å². The lowest BCUT2D eigenvalue weighted by molar-refractivity contribution is -0.135. The van der Waals surface area contributed by atoms with Crippen molar-refractivity contribution in [2.75, 3.05) is 0 Å². The minimum Gasteiger partial charge on any atom is -0.373 e. The van der Waals surface area contributed by atoms with E-state index in [-0.39, 0.29) is 35.4 Å². The second kappa shape index (κ2) is 6.99. The average Bonchev–Trinajstić information content (AvgIpc) is 2.46. The van der Waals surface area contributed by atoms with Crippen molar-refractivity contribution >= 4 is 11.6 Å². The van der Waals surface area contributed by atoms with E-state index in [0.29, 0.717) is 13.0 Å². The van der Waals surface area contributed by atoms with Gasteiger partial charge in [-0.05, 0) is 38.2 Å². The Labute approximate surface area is 126 Å². The Hall–Kier alpha value is -1.48. The molecule has 114 valence electrons. The SMILES string of the molecule is CC(=O)C1CC(OCc2ccccc2)C(C)C(C(C)=O)C1. The Morgan fingerprint density at radius 2 is 1.76 bits per heavy atom. The number of ether oxygens (including phenoxy) is 1. The number of Topliss-reactive ketones (excluding diaryl/α,β-unsaturated/α-hetero) is 2. The maximum absolute atomic E-state index is 11.8. The third-order valence-electron chi connectivity index (χ3n) is 4.68. The van der Waals surface area contributed by atoms with E-state index >= 15 is 0 Å². The van der Waals surface area contributed by atoms with Crippen molar-refractivity contribution in [3.63, 3.8) is 0 Å². The molecule has 1 aliphatic carbocycles. The number of hydrogen-bond donors (Lipinski definition) is 0. The fourth-order valence-corrected chi connectivity index (χ4v) is 3.24. The van der Waals surface area contributed by atoms with Crippen LogP contribution in [0, 0.1) is 17.8 Å². The van der Waals surface area contributed by atoms with Crippen LogP contribution in [0.25, 0.3) is 0 Å². The maximum Gasteiger partial charge on any atom is 0.133 e. The van der Waals surface area contributed by atoms with Gasteiger partial charge in [0.25, 0.3) is 0 Å². The summed E-state index contributed by atoms with van der Waals surface area (Å²) in [5, 5.41) is 0. The van der Waals surface area contributed by atoms with Crippen LogP contribution in [0.1, 0.15) is 39.2 Å². The van der Waals surface area contributed by atoms with Crippen LogP contribution >= 0.6 is 0 Å². The highest BCUT2D eigenvalue weighted by atomic mass is 16.5. The zero-order valence-corrected chi connectivity index (χ0v) is 13.0. The largest absolute Gasteiger partial charge is 0.373 e. The number of carbonyl (C=O) groups excluding carboxylic acids is 2. The van der Waals surface area contributed by atoms with Gasteiger partial charge in [0.1, 0.15) is 11.6 Å². The van der Waals surface area contributed by atoms with E-state index in [4.69, 9.17) is 4.74 Å². The molecular formula is C18H24O3. The second-order valence-electron chi connectivity index (χ2n) is 6.19. The van der Waals surface area contributed by atoms with E-state index in [9.17, 15) is 9.59 Å². The summed E-state index contributed by atoms with van der Waals surface area (Å²) in [5.74, 6) is 0.398. The molecule has 0 saturated heterocycles. The molecule has 3 nitrogen and oxygen atoms in total. The molecule has 0 amide bonds. The molecule has 0 N–H and O–H groups in total. The zero-order chi connectivity index (χ0) is 15.4. The molecular weight excluding hydrogens is 264 g/mol. The molecule has 0 aliphatic heterocycles. The Kier molecular flexibility index (Phi) is 5.29. The molecule has 0 heterocycles. The predicted octanol–water partition coefficient (Wildman–Crippen LogP) is 3.41. The van der Waals surface area contributed by atoms with Crippen LogP contribution in [0.4, 0.5) is 0 Å². The van der Waals surface area contributed by atoms with Gasteiger partial charge in [-0.25, -0.2) is 0 Å². The van der Waals surface area contributed by atoms with E-state index in [1.807, 2.05) is 30.3 Å². The molecule has 4 unspecified atom stereocenters. The van der Waals surface area contributed by atoms with Crippen LogP contribution < -0.4 is 0 Å². The highest BCUT2D eigenvalue weighted by Gasteiger charge is 2.39. The van der Waals surface area contributed by atoms with Gasteiger partial charge >= 0.3 is 0 Å². The van der Waals surface area contributed by atoms with Gasteiger partial charge in [-0.15, -0.1) is 0 Å². The predicted molar refractivity (Wildman–Crippen MR) is 81.8 cm³/mol. The van der Waals surface area contributed by atoms with Gasteiger partial charge in [0, 0.05) is 11.8 Å². The lowest BCUT2D eigenvalue weighted by Crippen LogP contribution is -2.41. The van der Waals surface area contributed by atoms with Crippen molar-refractivity contribution in [2.24, 2.45) is 17.8 Å². The molecule has 0 radical (unpaired) electrons. The normalized spacial score (nSPS) is 29.1. The van der Waals surface area contributed by atoms with E-state index in [2.05, 4.69) is 6.92 Å². The summed E-state index contributed by atoms with van der Waals surface area (Å²) >= 11 is 0. The standard InChI is InChI=1S/C18H24O3/c1-12-17(14(3)20)9-16(13(2)19)10-18(12)21-11-15-7-5-4-6-8-15/h4-8,12,16-18H,9-11H2,1-3H3. The molecule has 3 heteroatoms. The Bertz CT molecular complexity index is 494. The van der Waals surface area contributed by atoms with Crippen molar-refractivity contribution in [3.8, 4) is 0 Å². The number of ketones is 2. The van der Waals surface area contributed by atoms with Crippen molar-refractivity contribution < 1.29 is 14.3 Å². The lowest BCUT2D eigenvalue weighted by Gasteiger charge is -2.38. The van der Waals surface area contributed by atoms with E-state index < -0.39 is 0 Å². The van der Waals surface area contributed by atoms with Gasteiger partial charge < -0.3 is 4.74 Å². The molecule has 1 aromatic rings. The highest BCUT2D eigenvalue weighted by molar-refractivity contribution is 5.82. The topological polar surface area (TPSA) is 43.4 Å². The third kappa shape index (κ3) is 4.01. The van der Waals surface area contributed by atoms with Crippen LogP contribution in [0.3, 0.4) is 0 Å².